The van der Waals surface area contributed by atoms with Gasteiger partial charge in [-0.2, -0.15) is 0 Å². The Labute approximate surface area is 176 Å². The number of nitrogens with zero attached hydrogens (tertiary/aromatic N) is 2. The molecule has 0 bridgehead atoms. The first-order chi connectivity index (χ1) is 14.6. The number of benzene rings is 2. The normalized spacial score (nSPS) is 17.1. The van der Waals surface area contributed by atoms with Crippen LogP contribution in [0.4, 0.5) is 4.39 Å². The van der Waals surface area contributed by atoms with Gasteiger partial charge in [-0.1, -0.05) is 18.6 Å². The van der Waals surface area contributed by atoms with Crippen LogP contribution in [0.1, 0.15) is 42.3 Å². The van der Waals surface area contributed by atoms with Crippen LogP contribution in [0.25, 0.3) is 11.5 Å². The lowest BCUT2D eigenvalue weighted by Gasteiger charge is -2.35. The number of aromatic nitrogens is 1. The van der Waals surface area contributed by atoms with Crippen LogP contribution < -0.4 is 9.47 Å². The van der Waals surface area contributed by atoms with E-state index in [0.29, 0.717) is 23.9 Å². The van der Waals surface area contributed by atoms with Gasteiger partial charge in [-0.3, -0.25) is 4.90 Å². The molecule has 4 rings (SSSR count). The third-order valence-electron chi connectivity index (χ3n) is 5.73. The first-order valence-electron chi connectivity index (χ1n) is 10.3. The predicted octanol–water partition coefficient (Wildman–Crippen LogP) is 5.53. The summed E-state index contributed by atoms with van der Waals surface area (Å²) in [7, 11) is 3.24. The number of aryl methyl sites for hydroxylation is 1. The zero-order chi connectivity index (χ0) is 21.1. The molecule has 158 valence electrons. The van der Waals surface area contributed by atoms with Crippen molar-refractivity contribution < 1.29 is 18.3 Å². The van der Waals surface area contributed by atoms with E-state index in [9.17, 15) is 4.39 Å². The highest BCUT2D eigenvalue weighted by molar-refractivity contribution is 5.65. The third kappa shape index (κ3) is 4.19. The second kappa shape index (κ2) is 8.88. The topological polar surface area (TPSA) is 47.7 Å². The molecule has 0 aliphatic carbocycles. The summed E-state index contributed by atoms with van der Waals surface area (Å²) in [5, 5.41) is 0. The quantitative estimate of drug-likeness (QED) is 0.534. The maximum absolute atomic E-state index is 13.8. The molecule has 1 fully saturated rings. The van der Waals surface area contributed by atoms with Crippen LogP contribution in [-0.2, 0) is 6.54 Å². The summed E-state index contributed by atoms with van der Waals surface area (Å²) in [6.07, 6.45) is 3.28. The van der Waals surface area contributed by atoms with Crippen LogP contribution in [0.2, 0.25) is 0 Å². The summed E-state index contributed by atoms with van der Waals surface area (Å²) >= 11 is 0. The number of ether oxygens (including phenoxy) is 2. The van der Waals surface area contributed by atoms with Crippen LogP contribution in [-0.4, -0.2) is 30.6 Å². The van der Waals surface area contributed by atoms with Gasteiger partial charge in [0, 0.05) is 18.7 Å². The minimum Gasteiger partial charge on any atom is -0.497 e. The van der Waals surface area contributed by atoms with Crippen molar-refractivity contribution >= 4 is 0 Å². The fraction of sp³-hybridized carbons (Fsp3) is 0.375. The van der Waals surface area contributed by atoms with Crippen molar-refractivity contribution in [2.45, 2.75) is 38.8 Å². The number of piperidine rings is 1. The zero-order valence-electron chi connectivity index (χ0n) is 17.7. The van der Waals surface area contributed by atoms with E-state index in [2.05, 4.69) is 4.90 Å². The molecular formula is C24H27FN2O3. The molecule has 30 heavy (non-hydrogen) atoms. The number of methoxy groups -OCH3 is 2. The van der Waals surface area contributed by atoms with Crippen LogP contribution in [0.5, 0.6) is 11.5 Å². The SMILES string of the molecule is COc1ccc(-c2nc(CN3CCCCC3c3cccc(F)c3)c(C)o2)c(OC)c1. The largest absolute Gasteiger partial charge is 0.497 e. The Morgan fingerprint density at radius 3 is 2.77 bits per heavy atom. The molecule has 0 radical (unpaired) electrons. The standard InChI is InChI=1S/C24H27FN2O3/c1-16-21(26-24(30-16)20-11-10-19(28-2)14-23(20)29-3)15-27-12-5-4-9-22(27)17-7-6-8-18(25)13-17/h6-8,10-11,13-14,22H,4-5,9,12,15H2,1-3H3. The first-order valence-corrected chi connectivity index (χ1v) is 10.3. The highest BCUT2D eigenvalue weighted by atomic mass is 19.1. The molecule has 2 aromatic carbocycles. The average Bonchev–Trinajstić information content (AvgIpc) is 3.13. The molecule has 1 aliphatic rings. The molecule has 1 aromatic heterocycles. The maximum Gasteiger partial charge on any atom is 0.230 e. The van der Waals surface area contributed by atoms with Gasteiger partial charge in [0.1, 0.15) is 23.1 Å². The minimum atomic E-state index is -0.190. The van der Waals surface area contributed by atoms with E-state index in [4.69, 9.17) is 18.9 Å². The van der Waals surface area contributed by atoms with Gasteiger partial charge < -0.3 is 13.9 Å². The molecular weight excluding hydrogens is 383 g/mol. The molecule has 6 heteroatoms. The molecule has 3 aromatic rings. The predicted molar refractivity (Wildman–Crippen MR) is 113 cm³/mol. The fourth-order valence-electron chi connectivity index (χ4n) is 4.13. The molecule has 0 saturated carbocycles. The fourth-order valence-corrected chi connectivity index (χ4v) is 4.13. The monoisotopic (exact) mass is 410 g/mol. The summed E-state index contributed by atoms with van der Waals surface area (Å²) in [5.41, 5.74) is 2.70. The summed E-state index contributed by atoms with van der Waals surface area (Å²) < 4.78 is 30.6. The van der Waals surface area contributed by atoms with Crippen LogP contribution in [0, 0.1) is 12.7 Å². The van der Waals surface area contributed by atoms with Crippen molar-refractivity contribution in [3.05, 3.63) is 65.3 Å². The van der Waals surface area contributed by atoms with Crippen LogP contribution >= 0.6 is 0 Å². The van der Waals surface area contributed by atoms with Crippen molar-refractivity contribution in [3.8, 4) is 23.0 Å². The van der Waals surface area contributed by atoms with Crippen molar-refractivity contribution in [3.63, 3.8) is 0 Å². The lowest BCUT2D eigenvalue weighted by molar-refractivity contribution is 0.138. The summed E-state index contributed by atoms with van der Waals surface area (Å²) in [6.45, 7) is 3.55. The van der Waals surface area contributed by atoms with E-state index < -0.39 is 0 Å². The number of hydrogen-bond acceptors (Lipinski definition) is 5. The Morgan fingerprint density at radius 1 is 1.13 bits per heavy atom. The molecule has 0 N–H and O–H groups in total. The second-order valence-corrected chi connectivity index (χ2v) is 7.63. The number of halogens is 1. The summed E-state index contributed by atoms with van der Waals surface area (Å²) in [4.78, 5) is 7.15. The Hall–Kier alpha value is -2.86. The van der Waals surface area contributed by atoms with Crippen molar-refractivity contribution in [2.24, 2.45) is 0 Å². The second-order valence-electron chi connectivity index (χ2n) is 7.63. The van der Waals surface area contributed by atoms with Gasteiger partial charge in [0.05, 0.1) is 25.5 Å². The van der Waals surface area contributed by atoms with Gasteiger partial charge in [0.15, 0.2) is 0 Å². The molecule has 1 unspecified atom stereocenters. The number of oxazole rings is 1. The highest BCUT2D eigenvalue weighted by Gasteiger charge is 2.26. The average molecular weight is 410 g/mol. The van der Waals surface area contributed by atoms with Crippen molar-refractivity contribution in [1.29, 1.82) is 0 Å². The number of likely N-dealkylation sites (tertiary alicyclic amines) is 1. The molecule has 1 atom stereocenters. The van der Waals surface area contributed by atoms with Crippen molar-refractivity contribution in [1.82, 2.24) is 9.88 Å². The van der Waals surface area contributed by atoms with Gasteiger partial charge >= 0.3 is 0 Å². The van der Waals surface area contributed by atoms with E-state index in [0.717, 1.165) is 48.4 Å². The van der Waals surface area contributed by atoms with Crippen molar-refractivity contribution in [2.75, 3.05) is 20.8 Å². The van der Waals surface area contributed by atoms with Gasteiger partial charge in [-0.05, 0) is 56.1 Å². The lowest BCUT2D eigenvalue weighted by atomic mass is 9.95. The summed E-state index contributed by atoms with van der Waals surface area (Å²) in [6, 6.07) is 12.7. The molecule has 5 nitrogen and oxygen atoms in total. The van der Waals surface area contributed by atoms with E-state index in [1.165, 1.54) is 6.07 Å². The maximum atomic E-state index is 13.8. The van der Waals surface area contributed by atoms with Crippen LogP contribution in [0.3, 0.4) is 0 Å². The molecule has 2 heterocycles. The Kier molecular flexibility index (Phi) is 6.04. The molecule has 0 spiro atoms. The number of rotatable bonds is 6. The first kappa shape index (κ1) is 20.4. The smallest absolute Gasteiger partial charge is 0.230 e. The van der Waals surface area contributed by atoms with Gasteiger partial charge in [0.2, 0.25) is 5.89 Å². The Morgan fingerprint density at radius 2 is 2.00 bits per heavy atom. The number of hydrogen-bond donors (Lipinski definition) is 0. The lowest BCUT2D eigenvalue weighted by Crippen LogP contribution is -2.33. The minimum absolute atomic E-state index is 0.185. The van der Waals surface area contributed by atoms with E-state index in [1.54, 1.807) is 26.4 Å². The summed E-state index contributed by atoms with van der Waals surface area (Å²) in [5.74, 6) is 2.49. The third-order valence-corrected chi connectivity index (χ3v) is 5.73. The van der Waals surface area contributed by atoms with Gasteiger partial charge in [-0.15, -0.1) is 0 Å². The molecule has 1 saturated heterocycles. The molecule has 1 aliphatic heterocycles. The Bertz CT molecular complexity index is 1020. The van der Waals surface area contributed by atoms with Gasteiger partial charge in [-0.25, -0.2) is 9.37 Å². The van der Waals surface area contributed by atoms with Gasteiger partial charge in [0.25, 0.3) is 0 Å². The van der Waals surface area contributed by atoms with E-state index in [-0.39, 0.29) is 11.9 Å². The Balaban J connectivity index is 1.60. The molecule has 0 amide bonds. The van der Waals surface area contributed by atoms with Crippen LogP contribution in [0.15, 0.2) is 46.9 Å². The zero-order valence-corrected chi connectivity index (χ0v) is 17.7. The van der Waals surface area contributed by atoms with E-state index in [1.807, 2.05) is 31.2 Å². The highest BCUT2D eigenvalue weighted by Crippen LogP contribution is 2.36. The van der Waals surface area contributed by atoms with E-state index >= 15 is 0 Å².